The van der Waals surface area contributed by atoms with Gasteiger partial charge < -0.3 is 0 Å². The van der Waals surface area contributed by atoms with Gasteiger partial charge in [-0.2, -0.15) is 0 Å². The molecule has 24 heavy (non-hydrogen) atoms. The lowest BCUT2D eigenvalue weighted by molar-refractivity contribution is 0.572. The molecule has 0 spiro atoms. The first-order chi connectivity index (χ1) is 10.8. The van der Waals surface area contributed by atoms with Crippen LogP contribution in [0.15, 0.2) is 0 Å². The molecule has 0 fully saturated rings. The van der Waals surface area contributed by atoms with Gasteiger partial charge in [0.1, 0.15) is 0 Å². The highest BCUT2D eigenvalue weighted by atomic mass is 29.9. The second-order valence-corrected chi connectivity index (χ2v) is 52.7. The van der Waals surface area contributed by atoms with E-state index in [0.29, 0.717) is 0 Å². The molecule has 0 nitrogen and oxygen atoms in total. The molecular formula is C20H50Si4. The van der Waals surface area contributed by atoms with Crippen molar-refractivity contribution in [2.75, 3.05) is 0 Å². The predicted molar refractivity (Wildman–Crippen MR) is 128 cm³/mol. The molecular weight excluding hydrogens is 353 g/mol. The molecule has 0 saturated carbocycles. The first kappa shape index (κ1) is 24.9. The van der Waals surface area contributed by atoms with Crippen LogP contribution in [0.1, 0.15) is 64.7 Å². The van der Waals surface area contributed by atoms with Crippen molar-refractivity contribution in [1.82, 2.24) is 0 Å². The Labute approximate surface area is 159 Å². The van der Waals surface area contributed by atoms with E-state index in [4.69, 9.17) is 0 Å². The number of hydrogen-bond donors (Lipinski definition) is 0. The lowest BCUT2D eigenvalue weighted by Crippen LogP contribution is -2.82. The third-order valence-electron chi connectivity index (χ3n) is 6.50. The van der Waals surface area contributed by atoms with Crippen LogP contribution >= 0.6 is 0 Å². The van der Waals surface area contributed by atoms with Gasteiger partial charge >= 0.3 is 0 Å². The minimum atomic E-state index is -1.07. The van der Waals surface area contributed by atoms with Gasteiger partial charge in [0.05, 0.1) is 0 Å². The fraction of sp³-hybridized carbons (Fsp3) is 1.00. The quantitative estimate of drug-likeness (QED) is 0.215. The topological polar surface area (TPSA) is 0 Å². The van der Waals surface area contributed by atoms with Crippen LogP contribution in [0.4, 0.5) is 0 Å². The third kappa shape index (κ3) is 6.88. The number of unbranched alkanes of at least 4 members (excludes halogenated alkanes) is 8. The van der Waals surface area contributed by atoms with E-state index in [0.717, 1.165) is 0 Å². The Morgan fingerprint density at radius 1 is 0.417 bits per heavy atom. The van der Waals surface area contributed by atoms with Gasteiger partial charge in [-0.15, -0.1) is 0 Å². The summed E-state index contributed by atoms with van der Waals surface area (Å²) in [4.78, 5) is 0. The highest BCUT2D eigenvalue weighted by molar-refractivity contribution is 7.89. The van der Waals surface area contributed by atoms with Crippen LogP contribution in [0.5, 0.6) is 0 Å². The molecule has 0 N–H and O–H groups in total. The van der Waals surface area contributed by atoms with Crippen molar-refractivity contribution in [2.24, 2.45) is 0 Å². The molecule has 146 valence electrons. The van der Waals surface area contributed by atoms with E-state index >= 15 is 0 Å². The Balaban J connectivity index is 4.62. The summed E-state index contributed by atoms with van der Waals surface area (Å²) in [5.74, 6) is 0. The fourth-order valence-corrected chi connectivity index (χ4v) is 105. The molecule has 0 radical (unpaired) electrons. The molecule has 0 saturated heterocycles. The second kappa shape index (κ2) is 10.3. The Hall–Kier alpha value is 0.868. The zero-order chi connectivity index (χ0) is 19.1. The van der Waals surface area contributed by atoms with Gasteiger partial charge in [0.15, 0.2) is 0 Å². The smallest absolute Gasteiger partial charge is 0.0374 e. The van der Waals surface area contributed by atoms with Gasteiger partial charge in [0, 0.05) is 29.4 Å². The normalized spacial score (nSPS) is 14.2. The fourth-order valence-electron chi connectivity index (χ4n) is 6.20. The molecule has 0 aliphatic heterocycles. The summed E-state index contributed by atoms with van der Waals surface area (Å²) >= 11 is 0. The Morgan fingerprint density at radius 2 is 0.708 bits per heavy atom. The van der Waals surface area contributed by atoms with Crippen molar-refractivity contribution in [3.63, 3.8) is 0 Å². The molecule has 0 rings (SSSR count). The van der Waals surface area contributed by atoms with Gasteiger partial charge in [0.2, 0.25) is 0 Å². The van der Waals surface area contributed by atoms with E-state index in [2.05, 4.69) is 65.8 Å². The summed E-state index contributed by atoms with van der Waals surface area (Å²) in [7, 11) is -3.11. The first-order valence-corrected chi connectivity index (χ1v) is 26.5. The molecule has 0 heterocycles. The molecule has 4 heteroatoms. The van der Waals surface area contributed by atoms with Gasteiger partial charge in [-0.25, -0.2) is 0 Å². The number of rotatable bonds is 13. The maximum atomic E-state index is 2.74. The van der Waals surface area contributed by atoms with Crippen molar-refractivity contribution >= 4 is 29.4 Å². The van der Waals surface area contributed by atoms with E-state index in [1.54, 1.807) is 12.5 Å². The highest BCUT2D eigenvalue weighted by Crippen LogP contribution is 2.41. The summed E-state index contributed by atoms with van der Waals surface area (Å²) < 4.78 is 0. The maximum absolute atomic E-state index is 2.74. The molecule has 0 bridgehead atoms. The van der Waals surface area contributed by atoms with Crippen molar-refractivity contribution < 1.29 is 0 Å². The summed E-state index contributed by atoms with van der Waals surface area (Å²) in [6.45, 7) is 25.9. The Kier molecular flexibility index (Phi) is 10.6. The van der Waals surface area contributed by atoms with E-state index in [-0.39, 0.29) is 0 Å². The van der Waals surface area contributed by atoms with Crippen molar-refractivity contribution in [2.45, 2.75) is 130 Å². The van der Waals surface area contributed by atoms with E-state index in [9.17, 15) is 0 Å². The Morgan fingerprint density at radius 3 is 1.00 bits per heavy atom. The largest absolute Gasteiger partial charge is 0.0718 e. The summed E-state index contributed by atoms with van der Waals surface area (Å²) in [5.41, 5.74) is 0. The molecule has 0 amide bonds. The molecule has 0 aliphatic rings. The van der Waals surface area contributed by atoms with Gasteiger partial charge in [-0.1, -0.05) is 130 Å². The minimum Gasteiger partial charge on any atom is -0.0718 e. The third-order valence-corrected chi connectivity index (χ3v) is 81.1. The molecule has 0 aromatic heterocycles. The van der Waals surface area contributed by atoms with Crippen molar-refractivity contribution in [3.8, 4) is 0 Å². The van der Waals surface area contributed by atoms with Crippen LogP contribution in [0.2, 0.25) is 65.0 Å². The molecule has 0 atom stereocenters. The molecule has 0 aliphatic carbocycles. The summed E-state index contributed by atoms with van der Waals surface area (Å²) in [6.07, 6.45) is 13.3. The van der Waals surface area contributed by atoms with E-state index in [1.807, 2.05) is 0 Å². The zero-order valence-electron chi connectivity index (χ0n) is 19.1. The van der Waals surface area contributed by atoms with Crippen LogP contribution in [0.25, 0.3) is 0 Å². The molecule has 0 aromatic carbocycles. The molecule has 0 unspecified atom stereocenters. The lowest BCUT2D eigenvalue weighted by Gasteiger charge is -2.58. The predicted octanol–water partition coefficient (Wildman–Crippen LogP) is 8.22. The van der Waals surface area contributed by atoms with Gasteiger partial charge in [-0.3, -0.25) is 0 Å². The van der Waals surface area contributed by atoms with Crippen molar-refractivity contribution in [3.05, 3.63) is 0 Å². The average Bonchev–Trinajstić information content (AvgIpc) is 2.36. The molecule has 0 aromatic rings. The summed E-state index contributed by atoms with van der Waals surface area (Å²) in [6, 6.07) is 1.68. The van der Waals surface area contributed by atoms with Crippen LogP contribution in [-0.4, -0.2) is 29.4 Å². The highest BCUT2D eigenvalue weighted by Gasteiger charge is 2.60. The minimum absolute atomic E-state index is 1.04. The van der Waals surface area contributed by atoms with Crippen LogP contribution in [0.3, 0.4) is 0 Å². The van der Waals surface area contributed by atoms with E-state index in [1.165, 1.54) is 51.4 Å². The van der Waals surface area contributed by atoms with Crippen LogP contribution < -0.4 is 0 Å². The zero-order valence-corrected chi connectivity index (χ0v) is 23.1. The standard InChI is InChI=1S/C20H50Si4/c1-11-12-13-14-15-16-17-18-19-20-24(21(2,3)4,22(5,6)7)23(8,9)10/h11-20H2,1-10H3. The SMILES string of the molecule is CCCCCCCCCCC[Si]([Si](C)(C)C)([Si](C)(C)C)[Si](C)(C)C. The lowest BCUT2D eigenvalue weighted by atomic mass is 10.1. The number of hydrogen-bond acceptors (Lipinski definition) is 0. The Bertz CT molecular complexity index is 295. The van der Waals surface area contributed by atoms with Gasteiger partial charge in [0.25, 0.3) is 0 Å². The first-order valence-electron chi connectivity index (χ1n) is 10.8. The van der Waals surface area contributed by atoms with Crippen molar-refractivity contribution in [1.29, 1.82) is 0 Å². The average molecular weight is 403 g/mol. The summed E-state index contributed by atoms with van der Waals surface area (Å²) in [5, 5.41) is 0. The van der Waals surface area contributed by atoms with Crippen LogP contribution in [-0.2, 0) is 0 Å². The van der Waals surface area contributed by atoms with Gasteiger partial charge in [-0.05, 0) is 0 Å². The second-order valence-electron chi connectivity index (χ2n) is 11.2. The van der Waals surface area contributed by atoms with E-state index < -0.39 is 29.4 Å². The maximum Gasteiger partial charge on any atom is 0.0374 e. The van der Waals surface area contributed by atoms with Crippen LogP contribution in [0, 0.1) is 0 Å². The monoisotopic (exact) mass is 402 g/mol.